The number of nitrogens with zero attached hydrogens (tertiary/aromatic N) is 2. The highest BCUT2D eigenvalue weighted by molar-refractivity contribution is 5.59. The monoisotopic (exact) mass is 265 g/mol. The van der Waals surface area contributed by atoms with Gasteiger partial charge in [-0.2, -0.15) is 0 Å². The number of nitrogens with one attached hydrogen (secondary N) is 1. The van der Waals surface area contributed by atoms with Crippen molar-refractivity contribution in [3.05, 3.63) is 64.0 Å². The maximum atomic E-state index is 13.4. The van der Waals surface area contributed by atoms with Crippen molar-refractivity contribution in [2.45, 2.75) is 6.54 Å². The molecule has 0 radical (unpaired) electrons. The molecule has 19 heavy (non-hydrogen) atoms. The van der Waals surface area contributed by atoms with Gasteiger partial charge in [-0.05, 0) is 24.3 Å². The first-order valence-corrected chi connectivity index (χ1v) is 5.34. The summed E-state index contributed by atoms with van der Waals surface area (Å²) in [6.45, 7) is -0.0611. The average Bonchev–Trinajstić information content (AvgIpc) is 2.40. The molecule has 0 bridgehead atoms. The van der Waals surface area contributed by atoms with Crippen LogP contribution in [0.2, 0.25) is 0 Å². The van der Waals surface area contributed by atoms with Crippen LogP contribution in [0.3, 0.4) is 0 Å². The number of anilines is 1. The summed E-state index contributed by atoms with van der Waals surface area (Å²) >= 11 is 0. The number of nitro groups is 1. The summed E-state index contributed by atoms with van der Waals surface area (Å²) in [5, 5.41) is 13.4. The Morgan fingerprint density at radius 3 is 2.84 bits per heavy atom. The van der Waals surface area contributed by atoms with E-state index in [1.807, 2.05) is 0 Å². The molecule has 5 nitrogen and oxygen atoms in total. The van der Waals surface area contributed by atoms with Gasteiger partial charge in [0.2, 0.25) is 0 Å². The zero-order valence-electron chi connectivity index (χ0n) is 9.64. The van der Waals surface area contributed by atoms with Gasteiger partial charge in [0.05, 0.1) is 4.92 Å². The third-order valence-corrected chi connectivity index (χ3v) is 2.47. The highest BCUT2D eigenvalue weighted by Crippen LogP contribution is 2.23. The number of halogens is 2. The quantitative estimate of drug-likeness (QED) is 0.681. The fourth-order valence-electron chi connectivity index (χ4n) is 1.55. The molecule has 0 atom stereocenters. The van der Waals surface area contributed by atoms with Gasteiger partial charge in [-0.1, -0.05) is 0 Å². The molecular formula is C12H9F2N3O2. The van der Waals surface area contributed by atoms with Gasteiger partial charge in [-0.3, -0.25) is 15.1 Å². The van der Waals surface area contributed by atoms with E-state index in [2.05, 4.69) is 10.3 Å². The lowest BCUT2D eigenvalue weighted by Crippen LogP contribution is -2.05. The predicted octanol–water partition coefficient (Wildman–Crippen LogP) is 2.88. The van der Waals surface area contributed by atoms with Crippen LogP contribution in [0.5, 0.6) is 0 Å². The van der Waals surface area contributed by atoms with Crippen LogP contribution in [-0.4, -0.2) is 9.91 Å². The van der Waals surface area contributed by atoms with E-state index in [1.54, 1.807) is 0 Å². The number of benzene rings is 1. The second-order valence-corrected chi connectivity index (χ2v) is 3.74. The molecule has 0 aliphatic carbocycles. The summed E-state index contributed by atoms with van der Waals surface area (Å²) in [6, 6.07) is 4.45. The Balaban J connectivity index is 2.19. The smallest absolute Gasteiger partial charge is 0.310 e. The molecule has 98 valence electrons. The maximum absolute atomic E-state index is 13.4. The highest BCUT2D eigenvalue weighted by Gasteiger charge is 2.13. The Bertz CT molecular complexity index is 620. The van der Waals surface area contributed by atoms with Crippen molar-refractivity contribution in [3.63, 3.8) is 0 Å². The topological polar surface area (TPSA) is 68.1 Å². The fourth-order valence-corrected chi connectivity index (χ4v) is 1.55. The fraction of sp³-hybridized carbons (Fsp3) is 0.0833. The number of aromatic nitrogens is 1. The molecule has 0 fully saturated rings. The van der Waals surface area contributed by atoms with Gasteiger partial charge in [-0.25, -0.2) is 8.78 Å². The van der Waals surface area contributed by atoms with E-state index < -0.39 is 16.6 Å². The Morgan fingerprint density at radius 1 is 1.32 bits per heavy atom. The largest absolute Gasteiger partial charge is 0.375 e. The third kappa shape index (κ3) is 3.01. The Hall–Kier alpha value is -2.57. The summed E-state index contributed by atoms with van der Waals surface area (Å²) in [5.41, 5.74) is 0.0640. The van der Waals surface area contributed by atoms with Crippen LogP contribution in [0.1, 0.15) is 5.56 Å². The molecule has 1 heterocycles. The molecule has 0 saturated carbocycles. The van der Waals surface area contributed by atoms with Gasteiger partial charge in [0.1, 0.15) is 23.5 Å². The molecule has 0 saturated heterocycles. The summed E-state index contributed by atoms with van der Waals surface area (Å²) in [6.07, 6.45) is 2.46. The van der Waals surface area contributed by atoms with Gasteiger partial charge in [0, 0.05) is 18.3 Å². The van der Waals surface area contributed by atoms with Crippen LogP contribution in [-0.2, 0) is 6.54 Å². The van der Waals surface area contributed by atoms with Crippen molar-refractivity contribution in [2.75, 3.05) is 5.32 Å². The van der Waals surface area contributed by atoms with Crippen molar-refractivity contribution in [1.29, 1.82) is 0 Å². The van der Waals surface area contributed by atoms with Crippen LogP contribution in [0, 0.1) is 21.7 Å². The van der Waals surface area contributed by atoms with Crippen LogP contribution in [0.15, 0.2) is 36.7 Å². The van der Waals surface area contributed by atoms with E-state index in [0.29, 0.717) is 0 Å². The summed E-state index contributed by atoms with van der Waals surface area (Å²) in [5.74, 6) is -1.15. The zero-order valence-corrected chi connectivity index (χ0v) is 9.64. The summed E-state index contributed by atoms with van der Waals surface area (Å²) in [4.78, 5) is 13.8. The Labute approximate surface area is 107 Å². The molecule has 0 aliphatic rings. The van der Waals surface area contributed by atoms with E-state index in [0.717, 1.165) is 24.4 Å². The molecule has 0 spiro atoms. The molecule has 2 rings (SSSR count). The molecule has 1 aromatic heterocycles. The minimum absolute atomic E-state index is 0.0611. The lowest BCUT2D eigenvalue weighted by Gasteiger charge is -2.07. The van der Waals surface area contributed by atoms with Crippen LogP contribution >= 0.6 is 0 Å². The van der Waals surface area contributed by atoms with E-state index in [4.69, 9.17) is 0 Å². The van der Waals surface area contributed by atoms with Crippen LogP contribution in [0.25, 0.3) is 0 Å². The van der Waals surface area contributed by atoms with Gasteiger partial charge < -0.3 is 5.32 Å². The molecule has 0 amide bonds. The van der Waals surface area contributed by atoms with E-state index in [-0.39, 0.29) is 23.5 Å². The average molecular weight is 265 g/mol. The lowest BCUT2D eigenvalue weighted by molar-refractivity contribution is -0.384. The van der Waals surface area contributed by atoms with Crippen molar-refractivity contribution >= 4 is 11.4 Å². The molecule has 7 heteroatoms. The van der Waals surface area contributed by atoms with Crippen molar-refractivity contribution in [3.8, 4) is 0 Å². The molecule has 0 unspecified atom stereocenters. The number of hydrogen-bond donors (Lipinski definition) is 1. The normalized spacial score (nSPS) is 10.2. The second kappa shape index (κ2) is 5.38. The van der Waals surface area contributed by atoms with Crippen molar-refractivity contribution < 1.29 is 13.7 Å². The minimum Gasteiger partial charge on any atom is -0.375 e. The lowest BCUT2D eigenvalue weighted by atomic mass is 10.2. The zero-order chi connectivity index (χ0) is 13.8. The van der Waals surface area contributed by atoms with E-state index in [1.165, 1.54) is 12.3 Å². The molecule has 1 aromatic carbocycles. The highest BCUT2D eigenvalue weighted by atomic mass is 19.1. The maximum Gasteiger partial charge on any atom is 0.310 e. The summed E-state index contributed by atoms with van der Waals surface area (Å²) in [7, 11) is 0. The number of pyridine rings is 1. The standard InChI is InChI=1S/C12H9F2N3O2/c13-9-1-2-10(14)8(5-9)6-16-11-3-4-15-7-12(11)17(18)19/h1-5,7H,6H2,(H,15,16). The van der Waals surface area contributed by atoms with E-state index in [9.17, 15) is 18.9 Å². The van der Waals surface area contributed by atoms with Crippen molar-refractivity contribution in [1.82, 2.24) is 4.98 Å². The van der Waals surface area contributed by atoms with Gasteiger partial charge in [0.25, 0.3) is 0 Å². The molecule has 0 aliphatic heterocycles. The molecular weight excluding hydrogens is 256 g/mol. The van der Waals surface area contributed by atoms with Crippen LogP contribution < -0.4 is 5.32 Å². The first-order chi connectivity index (χ1) is 9.08. The molecule has 1 N–H and O–H groups in total. The van der Waals surface area contributed by atoms with Gasteiger partial charge >= 0.3 is 5.69 Å². The Morgan fingerprint density at radius 2 is 2.11 bits per heavy atom. The SMILES string of the molecule is O=[N+]([O-])c1cnccc1NCc1cc(F)ccc1F. The van der Waals surface area contributed by atoms with E-state index >= 15 is 0 Å². The first kappa shape index (κ1) is 12.9. The van der Waals surface area contributed by atoms with Crippen molar-refractivity contribution in [2.24, 2.45) is 0 Å². The van der Waals surface area contributed by atoms with Gasteiger partial charge in [0.15, 0.2) is 0 Å². The number of rotatable bonds is 4. The first-order valence-electron chi connectivity index (χ1n) is 5.34. The second-order valence-electron chi connectivity index (χ2n) is 3.74. The van der Waals surface area contributed by atoms with Crippen LogP contribution in [0.4, 0.5) is 20.2 Å². The number of hydrogen-bond acceptors (Lipinski definition) is 4. The predicted molar refractivity (Wildman–Crippen MR) is 64.6 cm³/mol. The molecule has 2 aromatic rings. The van der Waals surface area contributed by atoms with Gasteiger partial charge in [-0.15, -0.1) is 0 Å². The third-order valence-electron chi connectivity index (χ3n) is 2.47. The Kier molecular flexibility index (Phi) is 3.65. The minimum atomic E-state index is -0.600. The summed E-state index contributed by atoms with van der Waals surface area (Å²) < 4.78 is 26.3.